The van der Waals surface area contributed by atoms with Gasteiger partial charge in [0.25, 0.3) is 0 Å². The van der Waals surface area contributed by atoms with Crippen LogP contribution in [-0.2, 0) is 4.79 Å². The molecular formula is C22H23NO5. The van der Waals surface area contributed by atoms with Crippen molar-refractivity contribution in [2.75, 3.05) is 19.8 Å². The lowest BCUT2D eigenvalue weighted by atomic mass is 10.00. The number of hydrogen-bond donors (Lipinski definition) is 1. The highest BCUT2D eigenvalue weighted by Gasteiger charge is 2.23. The predicted octanol–water partition coefficient (Wildman–Crippen LogP) is 3.45. The first-order valence-electron chi connectivity index (χ1n) is 9.64. The van der Waals surface area contributed by atoms with Crippen LogP contribution in [-0.4, -0.2) is 31.5 Å². The number of fused-ring (bicyclic) bond motifs is 2. The third-order valence-electron chi connectivity index (χ3n) is 4.94. The molecule has 0 saturated carbocycles. The van der Waals surface area contributed by atoms with E-state index in [1.165, 1.54) is 0 Å². The van der Waals surface area contributed by atoms with Gasteiger partial charge in [-0.2, -0.15) is 0 Å². The number of hydrogen-bond acceptors (Lipinski definition) is 5. The Morgan fingerprint density at radius 3 is 2.57 bits per heavy atom. The van der Waals surface area contributed by atoms with Gasteiger partial charge in [-0.05, 0) is 24.3 Å². The van der Waals surface area contributed by atoms with Crippen LogP contribution in [0.1, 0.15) is 47.6 Å². The fraction of sp³-hybridized carbons (Fsp3) is 0.364. The molecule has 0 bridgehead atoms. The van der Waals surface area contributed by atoms with Crippen LogP contribution in [0.25, 0.3) is 0 Å². The number of nitrogens with one attached hydrogen (secondary N) is 1. The summed E-state index contributed by atoms with van der Waals surface area (Å²) in [6.07, 6.45) is 1.83. The second-order valence-corrected chi connectivity index (χ2v) is 6.93. The Hall–Kier alpha value is -3.02. The third-order valence-corrected chi connectivity index (χ3v) is 4.94. The first-order chi connectivity index (χ1) is 13.7. The summed E-state index contributed by atoms with van der Waals surface area (Å²) >= 11 is 0. The number of carbonyl (C=O) groups excluding carboxylic acids is 2. The van der Waals surface area contributed by atoms with E-state index < -0.39 is 0 Å². The summed E-state index contributed by atoms with van der Waals surface area (Å²) in [6, 6.07) is 12.8. The molecule has 6 heteroatoms. The summed E-state index contributed by atoms with van der Waals surface area (Å²) in [5.41, 5.74) is 1.52. The fourth-order valence-electron chi connectivity index (χ4n) is 3.47. The maximum absolute atomic E-state index is 12.5. The highest BCUT2D eigenvalue weighted by molar-refractivity contribution is 5.98. The van der Waals surface area contributed by atoms with Crippen molar-refractivity contribution in [3.63, 3.8) is 0 Å². The lowest BCUT2D eigenvalue weighted by molar-refractivity contribution is -0.122. The van der Waals surface area contributed by atoms with Gasteiger partial charge in [0.2, 0.25) is 5.91 Å². The Morgan fingerprint density at radius 2 is 1.68 bits per heavy atom. The molecule has 0 fully saturated rings. The van der Waals surface area contributed by atoms with E-state index in [9.17, 15) is 9.59 Å². The van der Waals surface area contributed by atoms with Gasteiger partial charge >= 0.3 is 0 Å². The van der Waals surface area contributed by atoms with E-state index in [1.807, 2.05) is 24.3 Å². The lowest BCUT2D eigenvalue weighted by Crippen LogP contribution is -2.32. The van der Waals surface area contributed by atoms with Crippen molar-refractivity contribution in [3.05, 3.63) is 53.6 Å². The van der Waals surface area contributed by atoms with E-state index in [4.69, 9.17) is 14.2 Å². The maximum atomic E-state index is 12.5. The van der Waals surface area contributed by atoms with Crippen LogP contribution in [0.3, 0.4) is 0 Å². The average Bonchev–Trinajstić information content (AvgIpc) is 2.97. The smallest absolute Gasteiger partial charge is 0.220 e. The van der Waals surface area contributed by atoms with Gasteiger partial charge in [0, 0.05) is 36.8 Å². The molecule has 2 heterocycles. The van der Waals surface area contributed by atoms with Crippen LogP contribution in [0, 0.1) is 0 Å². The SMILES string of the molecule is O=C(CCC(=O)c1ccc2c(c1)OCCCO2)N[C@H]1CCOc2ccccc21. The standard InChI is InChI=1S/C22H23NO5/c24-18(15-6-8-20-21(14-15)27-12-3-11-26-20)7-9-22(25)23-17-10-13-28-19-5-2-1-4-16(17)19/h1-2,4-6,8,14,17H,3,7,9-13H2,(H,23,25)/t17-/m0/s1. The van der Waals surface area contributed by atoms with Crippen LogP contribution in [0.4, 0.5) is 0 Å². The molecule has 1 N–H and O–H groups in total. The van der Waals surface area contributed by atoms with Crippen molar-refractivity contribution in [2.24, 2.45) is 0 Å². The van der Waals surface area contributed by atoms with E-state index in [0.717, 1.165) is 24.2 Å². The van der Waals surface area contributed by atoms with Crippen LogP contribution >= 0.6 is 0 Å². The molecule has 2 aromatic carbocycles. The molecule has 1 atom stereocenters. The normalized spacial score (nSPS) is 17.6. The van der Waals surface area contributed by atoms with E-state index in [0.29, 0.717) is 36.9 Å². The number of benzene rings is 2. The van der Waals surface area contributed by atoms with Crippen molar-refractivity contribution < 1.29 is 23.8 Å². The zero-order chi connectivity index (χ0) is 19.3. The highest BCUT2D eigenvalue weighted by atomic mass is 16.5. The van der Waals surface area contributed by atoms with Gasteiger partial charge in [-0.3, -0.25) is 9.59 Å². The first-order valence-corrected chi connectivity index (χ1v) is 9.64. The number of ketones is 1. The Kier molecular flexibility index (Phi) is 5.46. The van der Waals surface area contributed by atoms with Crippen molar-refractivity contribution in [3.8, 4) is 17.2 Å². The van der Waals surface area contributed by atoms with Gasteiger partial charge < -0.3 is 19.5 Å². The molecule has 0 radical (unpaired) electrons. The van der Waals surface area contributed by atoms with Gasteiger partial charge in [-0.25, -0.2) is 0 Å². The van der Waals surface area contributed by atoms with Gasteiger partial charge in [-0.15, -0.1) is 0 Å². The Bertz CT molecular complexity index is 879. The van der Waals surface area contributed by atoms with Crippen molar-refractivity contribution in [1.29, 1.82) is 0 Å². The van der Waals surface area contributed by atoms with Crippen molar-refractivity contribution >= 4 is 11.7 Å². The van der Waals surface area contributed by atoms with Gasteiger partial charge in [0.05, 0.1) is 25.9 Å². The molecular weight excluding hydrogens is 358 g/mol. The Labute approximate surface area is 163 Å². The fourth-order valence-corrected chi connectivity index (χ4v) is 3.47. The molecule has 0 spiro atoms. The second-order valence-electron chi connectivity index (χ2n) is 6.93. The number of carbonyl (C=O) groups is 2. The quantitative estimate of drug-likeness (QED) is 0.803. The summed E-state index contributed by atoms with van der Waals surface area (Å²) in [5, 5.41) is 3.02. The summed E-state index contributed by atoms with van der Waals surface area (Å²) in [5.74, 6) is 1.83. The molecule has 28 heavy (non-hydrogen) atoms. The molecule has 6 nitrogen and oxygen atoms in total. The van der Waals surface area contributed by atoms with Crippen LogP contribution < -0.4 is 19.5 Å². The van der Waals surface area contributed by atoms with Gasteiger partial charge in [0.15, 0.2) is 17.3 Å². The first kappa shape index (κ1) is 18.3. The summed E-state index contributed by atoms with van der Waals surface area (Å²) in [6.45, 7) is 1.74. The molecule has 0 aromatic heterocycles. The van der Waals surface area contributed by atoms with Crippen LogP contribution in [0.5, 0.6) is 17.2 Å². The van der Waals surface area contributed by atoms with Gasteiger partial charge in [0.1, 0.15) is 5.75 Å². The van der Waals surface area contributed by atoms with E-state index >= 15 is 0 Å². The van der Waals surface area contributed by atoms with Crippen molar-refractivity contribution in [2.45, 2.75) is 31.7 Å². The number of Topliss-reactive ketones (excluding diaryl/α,β-unsaturated/α-hetero) is 1. The summed E-state index contributed by atoms with van der Waals surface area (Å²) in [4.78, 5) is 24.9. The minimum atomic E-state index is -0.135. The summed E-state index contributed by atoms with van der Waals surface area (Å²) < 4.78 is 16.8. The van der Waals surface area contributed by atoms with Gasteiger partial charge in [-0.1, -0.05) is 18.2 Å². The Balaban J connectivity index is 1.34. The monoisotopic (exact) mass is 381 g/mol. The number of rotatable bonds is 5. The minimum Gasteiger partial charge on any atom is -0.493 e. The molecule has 0 unspecified atom stereocenters. The highest BCUT2D eigenvalue weighted by Crippen LogP contribution is 2.32. The summed E-state index contributed by atoms with van der Waals surface area (Å²) in [7, 11) is 0. The Morgan fingerprint density at radius 1 is 0.893 bits per heavy atom. The zero-order valence-electron chi connectivity index (χ0n) is 15.6. The average molecular weight is 381 g/mol. The van der Waals surface area contributed by atoms with E-state index in [-0.39, 0.29) is 30.6 Å². The largest absolute Gasteiger partial charge is 0.493 e. The molecule has 4 rings (SSSR count). The van der Waals surface area contributed by atoms with Crippen LogP contribution in [0.15, 0.2) is 42.5 Å². The number of para-hydroxylation sites is 1. The number of amides is 1. The molecule has 0 aliphatic carbocycles. The predicted molar refractivity (Wildman–Crippen MR) is 103 cm³/mol. The lowest BCUT2D eigenvalue weighted by Gasteiger charge is -2.26. The van der Waals surface area contributed by atoms with E-state index in [1.54, 1.807) is 18.2 Å². The zero-order valence-corrected chi connectivity index (χ0v) is 15.6. The van der Waals surface area contributed by atoms with Crippen molar-refractivity contribution in [1.82, 2.24) is 5.32 Å². The number of ether oxygens (including phenoxy) is 3. The molecule has 146 valence electrons. The third kappa shape index (κ3) is 4.11. The molecule has 0 saturated heterocycles. The van der Waals surface area contributed by atoms with Crippen LogP contribution in [0.2, 0.25) is 0 Å². The maximum Gasteiger partial charge on any atom is 0.220 e. The molecule has 2 aromatic rings. The van der Waals surface area contributed by atoms with E-state index in [2.05, 4.69) is 5.32 Å². The minimum absolute atomic E-state index is 0.0782. The molecule has 1 amide bonds. The molecule has 2 aliphatic rings. The topological polar surface area (TPSA) is 73.9 Å². The second kappa shape index (κ2) is 8.33. The molecule has 2 aliphatic heterocycles.